The highest BCUT2D eigenvalue weighted by atomic mass is 15.1. The molecule has 4 nitrogen and oxygen atoms in total. The lowest BCUT2D eigenvalue weighted by Crippen LogP contribution is -2.08. The largest absolute Gasteiger partial charge is 0.357 e. The van der Waals surface area contributed by atoms with E-state index in [4.69, 9.17) is 0 Å². The summed E-state index contributed by atoms with van der Waals surface area (Å²) in [5, 5.41) is 6.46. The molecule has 0 unspecified atom stereocenters. The fourth-order valence-electron chi connectivity index (χ4n) is 2.72. The Morgan fingerprint density at radius 1 is 1.15 bits per heavy atom. The Labute approximate surface area is 119 Å². The summed E-state index contributed by atoms with van der Waals surface area (Å²) in [7, 11) is 1.83. The van der Waals surface area contributed by atoms with Gasteiger partial charge in [-0.05, 0) is 49.8 Å². The van der Waals surface area contributed by atoms with E-state index in [-0.39, 0.29) is 0 Å². The average Bonchev–Trinajstić information content (AvgIpc) is 2.50. The number of fused-ring (bicyclic) bond motifs is 1. The molecule has 20 heavy (non-hydrogen) atoms. The summed E-state index contributed by atoms with van der Waals surface area (Å²) in [6.07, 6.45) is 6.76. The molecule has 1 heterocycles. The number of hydrogen-bond acceptors (Lipinski definition) is 4. The van der Waals surface area contributed by atoms with E-state index in [1.165, 1.54) is 36.1 Å². The van der Waals surface area contributed by atoms with Crippen molar-refractivity contribution in [3.63, 3.8) is 0 Å². The van der Waals surface area contributed by atoms with Gasteiger partial charge in [0, 0.05) is 24.5 Å². The zero-order valence-corrected chi connectivity index (χ0v) is 12.0. The molecular formula is C16H20N4. The molecule has 0 aliphatic heterocycles. The monoisotopic (exact) mass is 268 g/mol. The van der Waals surface area contributed by atoms with Gasteiger partial charge in [-0.15, -0.1) is 0 Å². The molecule has 0 saturated carbocycles. The van der Waals surface area contributed by atoms with Gasteiger partial charge in [0.15, 0.2) is 0 Å². The fraction of sp³-hybridized carbons (Fsp3) is 0.375. The molecule has 0 spiro atoms. The molecule has 2 aromatic rings. The van der Waals surface area contributed by atoms with Crippen molar-refractivity contribution in [2.75, 3.05) is 17.7 Å². The minimum atomic E-state index is 0.642. The van der Waals surface area contributed by atoms with E-state index in [0.29, 0.717) is 5.95 Å². The van der Waals surface area contributed by atoms with Crippen LogP contribution in [0.3, 0.4) is 0 Å². The Balaban J connectivity index is 1.95. The van der Waals surface area contributed by atoms with Crippen LogP contribution in [0.2, 0.25) is 0 Å². The number of aryl methyl sites for hydroxylation is 2. The highest BCUT2D eigenvalue weighted by Gasteiger charge is 2.14. The second kappa shape index (κ2) is 5.49. The zero-order chi connectivity index (χ0) is 13.9. The lowest BCUT2D eigenvalue weighted by atomic mass is 9.90. The summed E-state index contributed by atoms with van der Waals surface area (Å²) in [6, 6.07) is 6.51. The Morgan fingerprint density at radius 2 is 2.00 bits per heavy atom. The number of aromatic nitrogens is 2. The maximum atomic E-state index is 4.50. The Hall–Kier alpha value is -2.10. The van der Waals surface area contributed by atoms with Gasteiger partial charge in [0.1, 0.15) is 5.82 Å². The van der Waals surface area contributed by atoms with Gasteiger partial charge in [0.05, 0.1) is 0 Å². The van der Waals surface area contributed by atoms with Crippen molar-refractivity contribution in [2.45, 2.75) is 32.6 Å². The van der Waals surface area contributed by atoms with Crippen molar-refractivity contribution in [2.24, 2.45) is 0 Å². The molecule has 1 aliphatic carbocycles. The average molecular weight is 268 g/mol. The highest BCUT2D eigenvalue weighted by Crippen LogP contribution is 2.30. The normalized spacial score (nSPS) is 13.7. The summed E-state index contributed by atoms with van der Waals surface area (Å²) in [5.41, 5.74) is 5.16. The van der Waals surface area contributed by atoms with Crippen LogP contribution >= 0.6 is 0 Å². The summed E-state index contributed by atoms with van der Waals surface area (Å²) in [4.78, 5) is 8.73. The molecular weight excluding hydrogens is 248 g/mol. The first-order chi connectivity index (χ1) is 9.78. The second-order valence-electron chi connectivity index (χ2n) is 5.25. The first kappa shape index (κ1) is 12.9. The van der Waals surface area contributed by atoms with Crippen LogP contribution in [0.15, 0.2) is 24.4 Å². The van der Waals surface area contributed by atoms with Gasteiger partial charge < -0.3 is 10.6 Å². The number of benzene rings is 1. The SMILES string of the molecule is CNc1ncc(C)c(Nc2cccc3c2CCCC3)n1. The van der Waals surface area contributed by atoms with E-state index in [1.54, 1.807) is 0 Å². The Morgan fingerprint density at radius 3 is 2.85 bits per heavy atom. The topological polar surface area (TPSA) is 49.8 Å². The van der Waals surface area contributed by atoms with Crippen LogP contribution < -0.4 is 10.6 Å². The maximum absolute atomic E-state index is 4.50. The van der Waals surface area contributed by atoms with E-state index >= 15 is 0 Å². The first-order valence-electron chi connectivity index (χ1n) is 7.17. The Kier molecular flexibility index (Phi) is 3.54. The van der Waals surface area contributed by atoms with Crippen LogP contribution in [-0.4, -0.2) is 17.0 Å². The standard InChI is InChI=1S/C16H20N4/c1-11-10-18-16(17-2)20-15(11)19-14-9-5-7-12-6-3-4-8-13(12)14/h5,7,9-10H,3-4,6,8H2,1-2H3,(H2,17,18,19,20). The maximum Gasteiger partial charge on any atom is 0.224 e. The molecule has 0 atom stereocenters. The first-order valence-corrected chi connectivity index (χ1v) is 7.17. The molecule has 2 N–H and O–H groups in total. The summed E-state index contributed by atoms with van der Waals surface area (Å²) in [6.45, 7) is 2.02. The number of rotatable bonds is 3. The van der Waals surface area contributed by atoms with Gasteiger partial charge in [0.25, 0.3) is 0 Å². The van der Waals surface area contributed by atoms with Crippen LogP contribution in [0.1, 0.15) is 29.5 Å². The molecule has 0 amide bonds. The smallest absolute Gasteiger partial charge is 0.224 e. The van der Waals surface area contributed by atoms with Crippen LogP contribution in [0.25, 0.3) is 0 Å². The molecule has 0 fully saturated rings. The molecule has 1 aromatic heterocycles. The van der Waals surface area contributed by atoms with Gasteiger partial charge in [-0.1, -0.05) is 12.1 Å². The van der Waals surface area contributed by atoms with E-state index in [1.807, 2.05) is 20.2 Å². The van der Waals surface area contributed by atoms with E-state index in [0.717, 1.165) is 17.8 Å². The third kappa shape index (κ3) is 2.46. The lowest BCUT2D eigenvalue weighted by molar-refractivity contribution is 0.687. The molecule has 1 aromatic carbocycles. The number of nitrogens with one attached hydrogen (secondary N) is 2. The number of hydrogen-bond donors (Lipinski definition) is 2. The van der Waals surface area contributed by atoms with Crippen LogP contribution in [0, 0.1) is 6.92 Å². The molecule has 0 radical (unpaired) electrons. The Bertz CT molecular complexity index is 622. The number of anilines is 3. The van der Waals surface area contributed by atoms with Gasteiger partial charge in [-0.25, -0.2) is 4.98 Å². The molecule has 0 bridgehead atoms. The van der Waals surface area contributed by atoms with Crippen molar-refractivity contribution in [1.82, 2.24) is 9.97 Å². The van der Waals surface area contributed by atoms with Crippen molar-refractivity contribution in [3.05, 3.63) is 41.1 Å². The molecule has 104 valence electrons. The van der Waals surface area contributed by atoms with Crippen molar-refractivity contribution in [3.8, 4) is 0 Å². The minimum Gasteiger partial charge on any atom is -0.357 e. The minimum absolute atomic E-state index is 0.642. The van der Waals surface area contributed by atoms with Crippen LogP contribution in [0.4, 0.5) is 17.5 Å². The van der Waals surface area contributed by atoms with Crippen molar-refractivity contribution in [1.29, 1.82) is 0 Å². The zero-order valence-electron chi connectivity index (χ0n) is 12.0. The summed E-state index contributed by atoms with van der Waals surface area (Å²) < 4.78 is 0. The van der Waals surface area contributed by atoms with E-state index in [9.17, 15) is 0 Å². The molecule has 0 saturated heterocycles. The quantitative estimate of drug-likeness (QED) is 0.895. The van der Waals surface area contributed by atoms with Crippen molar-refractivity contribution >= 4 is 17.5 Å². The van der Waals surface area contributed by atoms with Gasteiger partial charge in [0.2, 0.25) is 5.95 Å². The number of nitrogens with zero attached hydrogens (tertiary/aromatic N) is 2. The molecule has 3 rings (SSSR count). The van der Waals surface area contributed by atoms with Crippen LogP contribution in [0.5, 0.6) is 0 Å². The molecule has 1 aliphatic rings. The fourth-order valence-corrected chi connectivity index (χ4v) is 2.72. The van der Waals surface area contributed by atoms with E-state index < -0.39 is 0 Å². The van der Waals surface area contributed by atoms with Gasteiger partial charge in [-0.2, -0.15) is 4.98 Å². The lowest BCUT2D eigenvalue weighted by Gasteiger charge is -2.20. The van der Waals surface area contributed by atoms with Crippen LogP contribution in [-0.2, 0) is 12.8 Å². The van der Waals surface area contributed by atoms with Gasteiger partial charge in [-0.3, -0.25) is 0 Å². The van der Waals surface area contributed by atoms with Crippen molar-refractivity contribution < 1.29 is 0 Å². The van der Waals surface area contributed by atoms with Gasteiger partial charge >= 0.3 is 0 Å². The second-order valence-corrected chi connectivity index (χ2v) is 5.25. The molecule has 4 heteroatoms. The predicted octanol–water partition coefficient (Wildman–Crippen LogP) is 3.45. The highest BCUT2D eigenvalue weighted by molar-refractivity contribution is 5.65. The van der Waals surface area contributed by atoms with E-state index in [2.05, 4.69) is 38.8 Å². The third-order valence-electron chi connectivity index (χ3n) is 3.84. The summed E-state index contributed by atoms with van der Waals surface area (Å²) >= 11 is 0. The predicted molar refractivity (Wildman–Crippen MR) is 82.7 cm³/mol. The summed E-state index contributed by atoms with van der Waals surface area (Å²) in [5.74, 6) is 1.52. The third-order valence-corrected chi connectivity index (χ3v) is 3.84.